The van der Waals surface area contributed by atoms with E-state index in [1.165, 1.54) is 7.11 Å². The fourth-order valence-electron chi connectivity index (χ4n) is 4.29. The minimum atomic E-state index is -0.386. The summed E-state index contributed by atoms with van der Waals surface area (Å²) < 4.78 is 20.0. The number of amides is 1. The van der Waals surface area contributed by atoms with Crippen molar-refractivity contribution in [3.05, 3.63) is 42.0 Å². The summed E-state index contributed by atoms with van der Waals surface area (Å²) in [6, 6.07) is 6.00. The molecule has 9 heteroatoms. The van der Waals surface area contributed by atoms with E-state index >= 15 is 0 Å². The van der Waals surface area contributed by atoms with Crippen LogP contribution in [0.2, 0.25) is 0 Å². The number of anilines is 1. The zero-order chi connectivity index (χ0) is 22.0. The molecule has 1 atom stereocenters. The molecule has 3 heterocycles. The Hall–Kier alpha value is -2.91. The molecule has 1 amide bonds. The second-order valence-electron chi connectivity index (χ2n) is 7.72. The van der Waals surface area contributed by atoms with Crippen molar-refractivity contribution in [3.8, 4) is 0 Å². The third-order valence-corrected chi connectivity index (χ3v) is 5.94. The van der Waals surface area contributed by atoms with Gasteiger partial charge in [0.25, 0.3) is 0 Å². The standard InChI is InChI=1S/C22H29N5O4/c1-15-6-7-16-17(27(15)22(28)31-4)8-9-18-21(16)24-19(10-13-25-12-5-11-23-25)26(18)14-20(29-2)30-3/h5,8-9,11-12,15,20H,6-7,10,13-14H2,1-4H3/t15-/m0/s1. The van der Waals surface area contributed by atoms with Crippen LogP contribution in [-0.4, -0.2) is 59.1 Å². The smallest absolute Gasteiger partial charge is 0.414 e. The third-order valence-electron chi connectivity index (χ3n) is 5.94. The van der Waals surface area contributed by atoms with Crippen molar-refractivity contribution >= 4 is 22.8 Å². The molecule has 3 aromatic rings. The predicted molar refractivity (Wildman–Crippen MR) is 116 cm³/mol. The van der Waals surface area contributed by atoms with Gasteiger partial charge in [0, 0.05) is 51.2 Å². The molecule has 0 saturated carbocycles. The number of methoxy groups -OCH3 is 3. The summed E-state index contributed by atoms with van der Waals surface area (Å²) in [5, 5.41) is 4.30. The maximum atomic E-state index is 12.4. The molecule has 1 aliphatic heterocycles. The van der Waals surface area contributed by atoms with Crippen molar-refractivity contribution in [2.24, 2.45) is 0 Å². The number of aryl methyl sites for hydroxylation is 3. The summed E-state index contributed by atoms with van der Waals surface area (Å²) in [5.41, 5.74) is 3.87. The molecule has 166 valence electrons. The maximum Gasteiger partial charge on any atom is 0.414 e. The number of carbonyl (C=O) groups is 1. The van der Waals surface area contributed by atoms with Crippen molar-refractivity contribution in [2.45, 2.75) is 51.6 Å². The van der Waals surface area contributed by atoms with Crippen molar-refractivity contribution in [1.82, 2.24) is 19.3 Å². The fourth-order valence-corrected chi connectivity index (χ4v) is 4.29. The first-order valence-corrected chi connectivity index (χ1v) is 10.5. The maximum absolute atomic E-state index is 12.4. The largest absolute Gasteiger partial charge is 0.452 e. The Labute approximate surface area is 181 Å². The van der Waals surface area contributed by atoms with E-state index in [-0.39, 0.29) is 18.4 Å². The number of benzene rings is 1. The average Bonchev–Trinajstić information content (AvgIpc) is 3.43. The fraction of sp³-hybridized carbons (Fsp3) is 0.500. The number of hydrogen-bond acceptors (Lipinski definition) is 6. The molecule has 1 aromatic carbocycles. The van der Waals surface area contributed by atoms with Gasteiger partial charge in [0.1, 0.15) is 5.82 Å². The van der Waals surface area contributed by atoms with Gasteiger partial charge in [-0.2, -0.15) is 5.10 Å². The summed E-state index contributed by atoms with van der Waals surface area (Å²) in [5.74, 6) is 0.932. The SMILES string of the molecule is COC(=O)N1c2ccc3c(nc(CCn4cccn4)n3CC(OC)OC)c2CC[C@@H]1C. The van der Waals surface area contributed by atoms with Gasteiger partial charge in [-0.1, -0.05) is 0 Å². The van der Waals surface area contributed by atoms with E-state index in [0.29, 0.717) is 19.5 Å². The van der Waals surface area contributed by atoms with Crippen LogP contribution in [-0.2, 0) is 40.1 Å². The number of hydrogen-bond donors (Lipinski definition) is 0. The summed E-state index contributed by atoms with van der Waals surface area (Å²) >= 11 is 0. The van der Waals surface area contributed by atoms with Crippen LogP contribution < -0.4 is 4.90 Å². The van der Waals surface area contributed by atoms with Crippen molar-refractivity contribution in [1.29, 1.82) is 0 Å². The Morgan fingerprint density at radius 1 is 1.26 bits per heavy atom. The van der Waals surface area contributed by atoms with Gasteiger partial charge in [-0.15, -0.1) is 0 Å². The highest BCUT2D eigenvalue weighted by atomic mass is 16.7. The van der Waals surface area contributed by atoms with Crippen molar-refractivity contribution in [2.75, 3.05) is 26.2 Å². The molecule has 4 rings (SSSR count). The van der Waals surface area contributed by atoms with E-state index in [1.807, 2.05) is 36.0 Å². The highest BCUT2D eigenvalue weighted by molar-refractivity contribution is 5.95. The molecule has 0 N–H and O–H groups in total. The number of aromatic nitrogens is 4. The zero-order valence-corrected chi connectivity index (χ0v) is 18.4. The molecule has 0 radical (unpaired) electrons. The number of rotatable bonds is 7. The van der Waals surface area contributed by atoms with Gasteiger partial charge in [-0.3, -0.25) is 9.58 Å². The van der Waals surface area contributed by atoms with E-state index in [2.05, 4.69) is 9.67 Å². The second kappa shape index (κ2) is 9.07. The van der Waals surface area contributed by atoms with Crippen LogP contribution in [0.4, 0.5) is 10.5 Å². The topological polar surface area (TPSA) is 83.6 Å². The normalized spacial score (nSPS) is 16.2. The van der Waals surface area contributed by atoms with E-state index in [1.54, 1.807) is 25.3 Å². The second-order valence-corrected chi connectivity index (χ2v) is 7.72. The molecule has 0 saturated heterocycles. The minimum absolute atomic E-state index is 0.0742. The van der Waals surface area contributed by atoms with Crippen LogP contribution in [0.3, 0.4) is 0 Å². The number of carbonyl (C=O) groups excluding carboxylic acids is 1. The molecule has 0 fully saturated rings. The van der Waals surface area contributed by atoms with Crippen molar-refractivity contribution < 1.29 is 19.0 Å². The van der Waals surface area contributed by atoms with Crippen LogP contribution in [0, 0.1) is 0 Å². The lowest BCUT2D eigenvalue weighted by molar-refractivity contribution is -0.110. The molecule has 2 aromatic heterocycles. The van der Waals surface area contributed by atoms with Gasteiger partial charge in [-0.25, -0.2) is 9.78 Å². The Kier molecular flexibility index (Phi) is 6.24. The minimum Gasteiger partial charge on any atom is -0.452 e. The lowest BCUT2D eigenvalue weighted by atomic mass is 9.96. The summed E-state index contributed by atoms with van der Waals surface area (Å²) in [7, 11) is 4.68. The molecule has 1 aliphatic rings. The number of ether oxygens (including phenoxy) is 3. The lowest BCUT2D eigenvalue weighted by Crippen LogP contribution is -2.42. The first kappa shape index (κ1) is 21.3. The van der Waals surface area contributed by atoms with Crippen LogP contribution >= 0.6 is 0 Å². The monoisotopic (exact) mass is 427 g/mol. The molecule has 0 aliphatic carbocycles. The van der Waals surface area contributed by atoms with E-state index in [0.717, 1.165) is 41.0 Å². The van der Waals surface area contributed by atoms with Crippen molar-refractivity contribution in [3.63, 3.8) is 0 Å². The van der Waals surface area contributed by atoms with Crippen LogP contribution in [0.5, 0.6) is 0 Å². The first-order chi connectivity index (χ1) is 15.1. The number of imidazole rings is 1. The summed E-state index contributed by atoms with van der Waals surface area (Å²) in [6.45, 7) is 3.28. The molecule has 31 heavy (non-hydrogen) atoms. The quantitative estimate of drug-likeness (QED) is 0.539. The molecule has 9 nitrogen and oxygen atoms in total. The first-order valence-electron chi connectivity index (χ1n) is 10.5. The van der Waals surface area contributed by atoms with E-state index in [4.69, 9.17) is 19.2 Å². The Morgan fingerprint density at radius 3 is 2.74 bits per heavy atom. The van der Waals surface area contributed by atoms with Crippen LogP contribution in [0.15, 0.2) is 30.6 Å². The summed E-state index contributed by atoms with van der Waals surface area (Å²) in [4.78, 5) is 19.2. The highest BCUT2D eigenvalue weighted by Crippen LogP contribution is 2.36. The average molecular weight is 428 g/mol. The highest BCUT2D eigenvalue weighted by Gasteiger charge is 2.31. The van der Waals surface area contributed by atoms with Gasteiger partial charge in [-0.05, 0) is 38.0 Å². The lowest BCUT2D eigenvalue weighted by Gasteiger charge is -2.34. The molecular formula is C22H29N5O4. The van der Waals surface area contributed by atoms with Gasteiger partial charge in [0.05, 0.1) is 30.4 Å². The van der Waals surface area contributed by atoms with Gasteiger partial charge < -0.3 is 18.8 Å². The van der Waals surface area contributed by atoms with Gasteiger partial charge >= 0.3 is 6.09 Å². The van der Waals surface area contributed by atoms with Gasteiger partial charge in [0.15, 0.2) is 6.29 Å². The third kappa shape index (κ3) is 4.03. The van der Waals surface area contributed by atoms with E-state index < -0.39 is 0 Å². The summed E-state index contributed by atoms with van der Waals surface area (Å²) in [6.07, 6.45) is 5.41. The number of fused-ring (bicyclic) bond motifs is 3. The molecular weight excluding hydrogens is 398 g/mol. The Bertz CT molecular complexity index is 1040. The molecule has 0 spiro atoms. The zero-order valence-electron chi connectivity index (χ0n) is 18.4. The Balaban J connectivity index is 1.79. The molecule has 0 unspecified atom stereocenters. The van der Waals surface area contributed by atoms with Gasteiger partial charge in [0.2, 0.25) is 0 Å². The van der Waals surface area contributed by atoms with E-state index in [9.17, 15) is 4.79 Å². The predicted octanol–water partition coefficient (Wildman–Crippen LogP) is 3.00. The Morgan fingerprint density at radius 2 is 2.06 bits per heavy atom. The molecule has 0 bridgehead atoms. The number of nitrogens with zero attached hydrogens (tertiary/aromatic N) is 5. The van der Waals surface area contributed by atoms with Crippen LogP contribution in [0.25, 0.3) is 11.0 Å². The van der Waals surface area contributed by atoms with Crippen LogP contribution in [0.1, 0.15) is 24.7 Å².